The Hall–Kier alpha value is -0.640. The Morgan fingerprint density at radius 2 is 2.55 bits per heavy atom. The van der Waals surface area contributed by atoms with Gasteiger partial charge in [0, 0.05) is 13.5 Å². The van der Waals surface area contributed by atoms with Gasteiger partial charge in [-0.2, -0.15) is 0 Å². The summed E-state index contributed by atoms with van der Waals surface area (Å²) in [4.78, 5) is 11.2. The molecule has 62 valence electrons. The molecule has 1 N–H and O–H groups in total. The van der Waals surface area contributed by atoms with Crippen LogP contribution in [0.3, 0.4) is 0 Å². The van der Waals surface area contributed by atoms with Gasteiger partial charge in [0.25, 0.3) is 0 Å². The molecule has 0 aromatic rings. The van der Waals surface area contributed by atoms with Crippen molar-refractivity contribution in [3.8, 4) is 0 Å². The smallest absolute Gasteiger partial charge is 0.303 e. The lowest BCUT2D eigenvalue weighted by molar-refractivity contribution is -0.143. The lowest BCUT2D eigenvalue weighted by Gasteiger charge is -2.23. The largest absolute Gasteiger partial charge is 0.455 e. The van der Waals surface area contributed by atoms with Gasteiger partial charge in [0.2, 0.25) is 0 Å². The highest BCUT2D eigenvalue weighted by atomic mass is 32.1. The molecule has 0 spiro atoms. The third-order valence-corrected chi connectivity index (χ3v) is 1.95. The zero-order valence-corrected chi connectivity index (χ0v) is 7.24. The molecule has 1 atom stereocenters. The maximum absolute atomic E-state index is 10.5. The van der Waals surface area contributed by atoms with Crippen molar-refractivity contribution in [2.45, 2.75) is 25.9 Å². The molecule has 1 saturated heterocycles. The molecule has 1 aliphatic heterocycles. The van der Waals surface area contributed by atoms with E-state index < -0.39 is 0 Å². The van der Waals surface area contributed by atoms with E-state index in [0.717, 1.165) is 19.4 Å². The van der Waals surface area contributed by atoms with E-state index in [2.05, 4.69) is 5.32 Å². The summed E-state index contributed by atoms with van der Waals surface area (Å²) in [5.74, 6) is -0.263. The van der Waals surface area contributed by atoms with Crippen LogP contribution in [0.2, 0.25) is 0 Å². The summed E-state index contributed by atoms with van der Waals surface area (Å²) in [6.45, 7) is 2.30. The van der Waals surface area contributed by atoms with Gasteiger partial charge in [0.05, 0.1) is 0 Å². The molecule has 4 heteroatoms. The summed E-state index contributed by atoms with van der Waals surface area (Å²) in [6.07, 6.45) is 1.68. The lowest BCUT2D eigenvalue weighted by atomic mass is 10.1. The van der Waals surface area contributed by atoms with Crippen molar-refractivity contribution in [2.24, 2.45) is 0 Å². The Labute approximate surface area is 71.1 Å². The fraction of sp³-hybridized carbons (Fsp3) is 0.714. The Morgan fingerprint density at radius 3 is 3.09 bits per heavy atom. The minimum absolute atomic E-state index is 0.184. The Bertz CT molecular complexity index is 181. The van der Waals surface area contributed by atoms with Crippen LogP contribution in [0, 0.1) is 0 Å². The molecule has 0 aromatic heterocycles. The van der Waals surface area contributed by atoms with E-state index in [9.17, 15) is 4.79 Å². The second-order valence-electron chi connectivity index (χ2n) is 2.53. The van der Waals surface area contributed by atoms with Crippen molar-refractivity contribution in [3.05, 3.63) is 0 Å². The van der Waals surface area contributed by atoms with Crippen LogP contribution in [0.25, 0.3) is 0 Å². The number of carbonyl (C=O) groups excluding carboxylic acids is 1. The van der Waals surface area contributed by atoms with E-state index in [-0.39, 0.29) is 12.1 Å². The summed E-state index contributed by atoms with van der Waals surface area (Å²) < 4.78 is 4.96. The van der Waals surface area contributed by atoms with Crippen LogP contribution in [0.4, 0.5) is 0 Å². The van der Waals surface area contributed by atoms with Crippen LogP contribution in [-0.2, 0) is 9.53 Å². The first-order valence-electron chi connectivity index (χ1n) is 3.65. The third-order valence-electron chi connectivity index (χ3n) is 1.54. The number of thiocarbonyl (C=S) groups is 1. The summed E-state index contributed by atoms with van der Waals surface area (Å²) in [5.41, 5.74) is 0. The van der Waals surface area contributed by atoms with Crippen molar-refractivity contribution >= 4 is 23.2 Å². The average molecular weight is 173 g/mol. The zero-order chi connectivity index (χ0) is 8.27. The maximum atomic E-state index is 10.5. The Balaban J connectivity index is 2.42. The lowest BCUT2D eigenvalue weighted by Crippen LogP contribution is -2.41. The first kappa shape index (κ1) is 8.46. The van der Waals surface area contributed by atoms with Crippen molar-refractivity contribution in [3.63, 3.8) is 0 Å². The van der Waals surface area contributed by atoms with Crippen LogP contribution >= 0.6 is 12.2 Å². The first-order chi connectivity index (χ1) is 5.20. The number of carbonyl (C=O) groups is 1. The van der Waals surface area contributed by atoms with E-state index in [4.69, 9.17) is 17.0 Å². The molecule has 0 saturated carbocycles. The molecule has 1 unspecified atom stereocenters. The standard InChI is InChI=1S/C7H11NO2S/c1-5(9)10-6-3-2-4-8-7(6)11/h6H,2-4H2,1H3,(H,8,11). The van der Waals surface area contributed by atoms with Gasteiger partial charge in [0.15, 0.2) is 6.10 Å². The van der Waals surface area contributed by atoms with Gasteiger partial charge in [0.1, 0.15) is 4.99 Å². The van der Waals surface area contributed by atoms with Gasteiger partial charge >= 0.3 is 5.97 Å². The number of esters is 1. The maximum Gasteiger partial charge on any atom is 0.303 e. The van der Waals surface area contributed by atoms with Crippen molar-refractivity contribution in [2.75, 3.05) is 6.54 Å². The Kier molecular flexibility index (Phi) is 2.82. The SMILES string of the molecule is CC(=O)OC1CCCNC1=S. The van der Waals surface area contributed by atoms with Gasteiger partial charge in [-0.1, -0.05) is 12.2 Å². The molecule has 1 heterocycles. The molecule has 1 fully saturated rings. The molecular weight excluding hydrogens is 162 g/mol. The van der Waals surface area contributed by atoms with Crippen LogP contribution < -0.4 is 5.32 Å². The van der Waals surface area contributed by atoms with E-state index in [0.29, 0.717) is 4.99 Å². The number of ether oxygens (including phenoxy) is 1. The average Bonchev–Trinajstić information content (AvgIpc) is 1.93. The number of nitrogens with one attached hydrogen (secondary N) is 1. The number of hydrogen-bond acceptors (Lipinski definition) is 3. The van der Waals surface area contributed by atoms with E-state index in [1.165, 1.54) is 6.92 Å². The summed E-state index contributed by atoms with van der Waals surface area (Å²) in [6, 6.07) is 0. The summed E-state index contributed by atoms with van der Waals surface area (Å²) >= 11 is 4.96. The van der Waals surface area contributed by atoms with Gasteiger partial charge in [-0.25, -0.2) is 0 Å². The minimum Gasteiger partial charge on any atom is -0.455 e. The van der Waals surface area contributed by atoms with E-state index in [1.54, 1.807) is 0 Å². The van der Waals surface area contributed by atoms with Crippen molar-refractivity contribution < 1.29 is 9.53 Å². The van der Waals surface area contributed by atoms with E-state index >= 15 is 0 Å². The van der Waals surface area contributed by atoms with Gasteiger partial charge in [-0.3, -0.25) is 4.79 Å². The zero-order valence-electron chi connectivity index (χ0n) is 6.42. The van der Waals surface area contributed by atoms with Crippen LogP contribution in [0.15, 0.2) is 0 Å². The molecule has 1 aliphatic rings. The molecule has 3 nitrogen and oxygen atoms in total. The molecule has 1 rings (SSSR count). The van der Waals surface area contributed by atoms with Gasteiger partial charge in [-0.05, 0) is 12.8 Å². The number of piperidine rings is 1. The summed E-state index contributed by atoms with van der Waals surface area (Å²) in [5, 5.41) is 2.99. The van der Waals surface area contributed by atoms with Crippen LogP contribution in [0.5, 0.6) is 0 Å². The number of hydrogen-bond donors (Lipinski definition) is 1. The quantitative estimate of drug-likeness (QED) is 0.466. The fourth-order valence-electron chi connectivity index (χ4n) is 1.06. The van der Waals surface area contributed by atoms with Gasteiger partial charge < -0.3 is 10.1 Å². The fourth-order valence-corrected chi connectivity index (χ4v) is 1.32. The highest BCUT2D eigenvalue weighted by Gasteiger charge is 2.20. The Morgan fingerprint density at radius 1 is 1.82 bits per heavy atom. The first-order valence-corrected chi connectivity index (χ1v) is 4.06. The number of rotatable bonds is 1. The highest BCUT2D eigenvalue weighted by molar-refractivity contribution is 7.80. The third kappa shape index (κ3) is 2.46. The van der Waals surface area contributed by atoms with Crippen LogP contribution in [0.1, 0.15) is 19.8 Å². The molecule has 0 bridgehead atoms. The van der Waals surface area contributed by atoms with Crippen molar-refractivity contribution in [1.82, 2.24) is 5.32 Å². The normalized spacial score (nSPS) is 24.1. The predicted octanol–water partition coefficient (Wildman–Crippen LogP) is 0.629. The van der Waals surface area contributed by atoms with Crippen molar-refractivity contribution in [1.29, 1.82) is 0 Å². The second kappa shape index (κ2) is 3.67. The molecule has 0 amide bonds. The molecular formula is C7H11NO2S. The second-order valence-corrected chi connectivity index (χ2v) is 2.97. The molecule has 0 aromatic carbocycles. The minimum atomic E-state index is -0.263. The monoisotopic (exact) mass is 173 g/mol. The highest BCUT2D eigenvalue weighted by Crippen LogP contribution is 2.08. The molecule has 0 aliphatic carbocycles. The molecule has 11 heavy (non-hydrogen) atoms. The summed E-state index contributed by atoms with van der Waals surface area (Å²) in [7, 11) is 0. The van der Waals surface area contributed by atoms with Gasteiger partial charge in [-0.15, -0.1) is 0 Å². The predicted molar refractivity (Wildman–Crippen MR) is 45.4 cm³/mol. The van der Waals surface area contributed by atoms with Crippen LogP contribution in [-0.4, -0.2) is 23.6 Å². The topological polar surface area (TPSA) is 38.3 Å². The van der Waals surface area contributed by atoms with E-state index in [1.807, 2.05) is 0 Å². The molecule has 0 radical (unpaired) electrons.